The Morgan fingerprint density at radius 1 is 1.14 bits per heavy atom. The molecule has 1 N–H and O–H groups in total. The summed E-state index contributed by atoms with van der Waals surface area (Å²) in [5, 5.41) is 7.78. The maximum absolute atomic E-state index is 13.6. The second kappa shape index (κ2) is 8.50. The van der Waals surface area contributed by atoms with Crippen molar-refractivity contribution in [1.29, 1.82) is 0 Å². The van der Waals surface area contributed by atoms with E-state index < -0.39 is 0 Å². The van der Waals surface area contributed by atoms with Gasteiger partial charge in [0.25, 0.3) is 5.56 Å². The van der Waals surface area contributed by atoms with Gasteiger partial charge in [-0.05, 0) is 43.0 Å². The summed E-state index contributed by atoms with van der Waals surface area (Å²) < 4.78 is 8.53. The van der Waals surface area contributed by atoms with Gasteiger partial charge in [-0.15, -0.1) is 0 Å². The molecule has 1 aliphatic carbocycles. The highest BCUT2D eigenvalue weighted by Crippen LogP contribution is 2.38. The Hall–Kier alpha value is -4.27. The highest BCUT2D eigenvalue weighted by Gasteiger charge is 2.29. The Bertz CT molecular complexity index is 1610. The predicted octanol–water partition coefficient (Wildman–Crippen LogP) is 3.86. The number of hydrogen-bond donors (Lipinski definition) is 1. The molecule has 1 aliphatic rings. The summed E-state index contributed by atoms with van der Waals surface area (Å²) >= 11 is 0. The third-order valence-corrected chi connectivity index (χ3v) is 6.41. The van der Waals surface area contributed by atoms with Crippen molar-refractivity contribution in [3.05, 3.63) is 82.5 Å². The number of carbonyl (C=O) groups excluding carboxylic acids is 1. The lowest BCUT2D eigenvalue weighted by Crippen LogP contribution is -2.25. The first-order chi connectivity index (χ1) is 17.1. The Balaban J connectivity index is 1.36. The van der Waals surface area contributed by atoms with Crippen LogP contribution >= 0.6 is 0 Å². The minimum absolute atomic E-state index is 0.0210. The first-order valence-electron chi connectivity index (χ1n) is 11.8. The van der Waals surface area contributed by atoms with Crippen molar-refractivity contribution in [3.8, 4) is 0 Å². The molecule has 1 saturated carbocycles. The molecule has 0 spiro atoms. The highest BCUT2D eigenvalue weighted by atomic mass is 16.5. The number of amides is 1. The molecular weight excluding hydrogens is 444 g/mol. The van der Waals surface area contributed by atoms with E-state index in [2.05, 4.69) is 27.4 Å². The standard InChI is InChI=1S/C26H24N6O3/c1-2-16-7-11-18(12-8-16)28-21(33)13-32-20-6-4-3-5-19(20)23-24(32)26(34)31(15-27-23)14-22-29-25(30-35-22)17-9-10-17/h3-8,11-12,15,17H,2,9-10,13-14H2,1H3,(H,28,33). The zero-order valence-corrected chi connectivity index (χ0v) is 19.3. The van der Waals surface area contributed by atoms with Gasteiger partial charge in [-0.2, -0.15) is 4.98 Å². The molecule has 35 heavy (non-hydrogen) atoms. The number of hydrogen-bond acceptors (Lipinski definition) is 6. The molecule has 0 atom stereocenters. The Morgan fingerprint density at radius 2 is 1.94 bits per heavy atom. The monoisotopic (exact) mass is 468 g/mol. The molecule has 0 aliphatic heterocycles. The van der Waals surface area contributed by atoms with E-state index in [-0.39, 0.29) is 24.6 Å². The molecule has 9 heteroatoms. The van der Waals surface area contributed by atoms with Crippen molar-refractivity contribution in [3.63, 3.8) is 0 Å². The molecule has 0 unspecified atom stereocenters. The molecule has 9 nitrogen and oxygen atoms in total. The zero-order valence-electron chi connectivity index (χ0n) is 19.3. The van der Waals surface area contributed by atoms with E-state index in [1.165, 1.54) is 16.5 Å². The van der Waals surface area contributed by atoms with Crippen molar-refractivity contribution in [1.82, 2.24) is 24.3 Å². The third kappa shape index (κ3) is 3.99. The molecule has 0 bridgehead atoms. The fraction of sp³-hybridized carbons (Fsp3) is 0.269. The van der Waals surface area contributed by atoms with Crippen LogP contribution in [0.2, 0.25) is 0 Å². The van der Waals surface area contributed by atoms with Gasteiger partial charge in [-0.3, -0.25) is 14.2 Å². The minimum Gasteiger partial charge on any atom is -0.337 e. The van der Waals surface area contributed by atoms with Crippen LogP contribution in [-0.2, 0) is 24.3 Å². The molecule has 176 valence electrons. The van der Waals surface area contributed by atoms with Crippen LogP contribution in [0.4, 0.5) is 5.69 Å². The number of aromatic nitrogens is 5. The molecule has 1 amide bonds. The Labute approximate surface area is 200 Å². The lowest BCUT2D eigenvalue weighted by atomic mass is 10.1. The van der Waals surface area contributed by atoms with Crippen LogP contribution < -0.4 is 10.9 Å². The average Bonchev–Trinajstić information content (AvgIpc) is 3.54. The first kappa shape index (κ1) is 21.3. The Morgan fingerprint density at radius 3 is 2.71 bits per heavy atom. The topological polar surface area (TPSA) is 108 Å². The summed E-state index contributed by atoms with van der Waals surface area (Å²) in [6.07, 6.45) is 4.56. The summed E-state index contributed by atoms with van der Waals surface area (Å²) in [5.41, 5.74) is 3.35. The second-order valence-corrected chi connectivity index (χ2v) is 8.90. The Kier molecular flexibility index (Phi) is 5.17. The molecule has 0 saturated heterocycles. The largest absolute Gasteiger partial charge is 0.337 e. The van der Waals surface area contributed by atoms with Crippen LogP contribution in [0.15, 0.2) is 64.2 Å². The molecule has 6 rings (SSSR count). The van der Waals surface area contributed by atoms with Gasteiger partial charge in [-0.25, -0.2) is 4.98 Å². The lowest BCUT2D eigenvalue weighted by molar-refractivity contribution is -0.116. The van der Waals surface area contributed by atoms with Crippen LogP contribution in [0.5, 0.6) is 0 Å². The highest BCUT2D eigenvalue weighted by molar-refractivity contribution is 6.06. The van der Waals surface area contributed by atoms with Crippen molar-refractivity contribution in [2.45, 2.75) is 45.2 Å². The molecule has 0 radical (unpaired) electrons. The summed E-state index contributed by atoms with van der Waals surface area (Å²) in [7, 11) is 0. The number of nitrogens with zero attached hydrogens (tertiary/aromatic N) is 5. The normalized spacial score (nSPS) is 13.5. The second-order valence-electron chi connectivity index (χ2n) is 8.90. The van der Waals surface area contributed by atoms with Gasteiger partial charge < -0.3 is 14.4 Å². The lowest BCUT2D eigenvalue weighted by Gasteiger charge is -2.10. The van der Waals surface area contributed by atoms with Crippen LogP contribution in [0, 0.1) is 0 Å². The average molecular weight is 469 g/mol. The van der Waals surface area contributed by atoms with Crippen molar-refractivity contribution in [2.24, 2.45) is 0 Å². The fourth-order valence-electron chi connectivity index (χ4n) is 4.38. The number of rotatable bonds is 7. The smallest absolute Gasteiger partial charge is 0.278 e. The molecule has 3 heterocycles. The van der Waals surface area contributed by atoms with Crippen LogP contribution in [0.25, 0.3) is 21.9 Å². The summed E-state index contributed by atoms with van der Waals surface area (Å²) in [6.45, 7) is 2.19. The van der Waals surface area contributed by atoms with Crippen molar-refractivity contribution in [2.75, 3.05) is 5.32 Å². The van der Waals surface area contributed by atoms with Gasteiger partial charge in [0.1, 0.15) is 24.1 Å². The van der Waals surface area contributed by atoms with E-state index in [0.717, 1.165) is 30.2 Å². The van der Waals surface area contributed by atoms with Gasteiger partial charge in [-0.1, -0.05) is 42.4 Å². The number of carbonyl (C=O) groups is 1. The minimum atomic E-state index is -0.266. The van der Waals surface area contributed by atoms with Crippen molar-refractivity contribution >= 4 is 33.5 Å². The van der Waals surface area contributed by atoms with E-state index >= 15 is 0 Å². The van der Waals surface area contributed by atoms with E-state index in [0.29, 0.717) is 34.4 Å². The summed E-state index contributed by atoms with van der Waals surface area (Å²) in [6, 6.07) is 15.3. The van der Waals surface area contributed by atoms with Gasteiger partial charge >= 0.3 is 0 Å². The van der Waals surface area contributed by atoms with Gasteiger partial charge in [0, 0.05) is 17.0 Å². The number of fused-ring (bicyclic) bond motifs is 3. The molecular formula is C26H24N6O3. The first-order valence-corrected chi connectivity index (χ1v) is 11.8. The third-order valence-electron chi connectivity index (χ3n) is 6.41. The van der Waals surface area contributed by atoms with Crippen molar-refractivity contribution < 1.29 is 9.32 Å². The quantitative estimate of drug-likeness (QED) is 0.389. The number of anilines is 1. The van der Waals surface area contributed by atoms with E-state index in [1.807, 2.05) is 48.5 Å². The number of nitrogens with one attached hydrogen (secondary N) is 1. The zero-order chi connectivity index (χ0) is 23.9. The molecule has 1 fully saturated rings. The van der Waals surface area contributed by atoms with E-state index in [9.17, 15) is 9.59 Å². The molecule has 5 aromatic rings. The number of benzene rings is 2. The maximum atomic E-state index is 13.6. The van der Waals surface area contributed by atoms with Crippen LogP contribution in [0.1, 0.15) is 43.0 Å². The fourth-order valence-corrected chi connectivity index (χ4v) is 4.38. The molecule has 3 aromatic heterocycles. The summed E-state index contributed by atoms with van der Waals surface area (Å²) in [4.78, 5) is 35.6. The van der Waals surface area contributed by atoms with Gasteiger partial charge in [0.05, 0.1) is 11.8 Å². The van der Waals surface area contributed by atoms with Crippen LogP contribution in [0.3, 0.4) is 0 Å². The molecule has 2 aromatic carbocycles. The maximum Gasteiger partial charge on any atom is 0.278 e. The van der Waals surface area contributed by atoms with Gasteiger partial charge in [0.15, 0.2) is 5.82 Å². The van der Waals surface area contributed by atoms with E-state index in [4.69, 9.17) is 4.52 Å². The summed E-state index contributed by atoms with van der Waals surface area (Å²) in [5.74, 6) is 1.20. The number of para-hydroxylation sites is 1. The van der Waals surface area contributed by atoms with Crippen LogP contribution in [-0.4, -0.2) is 30.2 Å². The number of aryl methyl sites for hydroxylation is 1. The SMILES string of the molecule is CCc1ccc(NC(=O)Cn2c3ccccc3c3ncn(Cc4nc(C5CC5)no4)c(=O)c32)cc1. The van der Waals surface area contributed by atoms with E-state index in [1.54, 1.807) is 4.57 Å². The van der Waals surface area contributed by atoms with Gasteiger partial charge in [0.2, 0.25) is 11.8 Å². The predicted molar refractivity (Wildman–Crippen MR) is 131 cm³/mol.